The van der Waals surface area contributed by atoms with Gasteiger partial charge in [-0.1, -0.05) is 13.0 Å². The number of ether oxygens (including phenoxy) is 2. The number of nitrogens with one attached hydrogen (secondary N) is 3. The van der Waals surface area contributed by atoms with Crippen molar-refractivity contribution in [2.45, 2.75) is 18.9 Å². The fraction of sp³-hybridized carbons (Fsp3) is 0.375. The van der Waals surface area contributed by atoms with Crippen molar-refractivity contribution >= 4 is 34.0 Å². The normalized spacial score (nSPS) is 14.8. The zero-order valence-corrected chi connectivity index (χ0v) is 24.9. The van der Waals surface area contributed by atoms with Crippen molar-refractivity contribution in [1.82, 2.24) is 15.1 Å². The van der Waals surface area contributed by atoms with Crippen molar-refractivity contribution in [3.8, 4) is 0 Å². The van der Waals surface area contributed by atoms with Crippen LogP contribution in [0.5, 0.6) is 0 Å². The lowest BCUT2D eigenvalue weighted by molar-refractivity contribution is 0.102. The minimum Gasteiger partial charge on any atom is -0.382 e. The Morgan fingerprint density at radius 2 is 1.65 bits per heavy atom. The number of aromatic nitrogens is 2. The molecule has 43 heavy (non-hydrogen) atoms. The minimum absolute atomic E-state index is 0.174. The number of fused-ring (bicyclic) bond motifs is 1. The van der Waals surface area contributed by atoms with Crippen molar-refractivity contribution in [2.24, 2.45) is 0 Å². The molecule has 5 rings (SSSR count). The number of aromatic amines is 1. The van der Waals surface area contributed by atoms with E-state index in [-0.39, 0.29) is 17.9 Å². The number of H-pyrrole nitrogens is 1. The number of likely N-dealkylation sites (N-methyl/N-ethyl adjacent to an activating group) is 1. The summed E-state index contributed by atoms with van der Waals surface area (Å²) in [6.45, 7) is 6.38. The number of carbonyl (C=O) groups is 1. The van der Waals surface area contributed by atoms with Crippen LogP contribution in [0, 0.1) is 11.6 Å². The number of hydrogen-bond donors (Lipinski definition) is 3. The molecule has 0 bridgehead atoms. The van der Waals surface area contributed by atoms with E-state index in [1.165, 1.54) is 12.1 Å². The molecule has 0 aliphatic carbocycles. The maximum absolute atomic E-state index is 13.9. The predicted molar refractivity (Wildman–Crippen MR) is 165 cm³/mol. The van der Waals surface area contributed by atoms with Crippen molar-refractivity contribution in [3.05, 3.63) is 82.9 Å². The third-order valence-corrected chi connectivity index (χ3v) is 7.92. The van der Waals surface area contributed by atoms with Gasteiger partial charge in [-0.15, -0.1) is 0 Å². The Kier molecular flexibility index (Phi) is 9.54. The smallest absolute Gasteiger partial charge is 0.258 e. The highest BCUT2D eigenvalue weighted by atomic mass is 19.1. The summed E-state index contributed by atoms with van der Waals surface area (Å²) >= 11 is 0. The Morgan fingerprint density at radius 3 is 2.33 bits per heavy atom. The van der Waals surface area contributed by atoms with Crippen LogP contribution in [0.3, 0.4) is 0 Å². The van der Waals surface area contributed by atoms with Crippen molar-refractivity contribution in [1.29, 1.82) is 0 Å². The second-order valence-electron chi connectivity index (χ2n) is 11.0. The van der Waals surface area contributed by atoms with Crippen LogP contribution in [0.4, 0.5) is 26.0 Å². The molecule has 228 valence electrons. The van der Waals surface area contributed by atoms with Crippen LogP contribution in [0.25, 0.3) is 10.9 Å². The number of nitrogens with zero attached hydrogens (tertiary/aromatic N) is 3. The molecule has 3 aromatic carbocycles. The molecule has 1 atom stereocenters. The summed E-state index contributed by atoms with van der Waals surface area (Å²) in [5.41, 5.74) is 4.21. The molecule has 0 saturated carbocycles. The van der Waals surface area contributed by atoms with Gasteiger partial charge in [0.2, 0.25) is 0 Å². The first-order valence-corrected chi connectivity index (χ1v) is 14.3. The molecule has 9 nitrogen and oxygen atoms in total. The van der Waals surface area contributed by atoms with Gasteiger partial charge in [0.25, 0.3) is 5.91 Å². The average Bonchev–Trinajstić information content (AvgIpc) is 3.38. The Balaban J connectivity index is 1.43. The van der Waals surface area contributed by atoms with E-state index in [1.807, 2.05) is 43.3 Å². The van der Waals surface area contributed by atoms with Crippen LogP contribution in [0.15, 0.2) is 54.6 Å². The number of carbonyl (C=O) groups excluding carboxylic acids is 1. The first kappa shape index (κ1) is 30.4. The molecule has 1 unspecified atom stereocenters. The van der Waals surface area contributed by atoms with Crippen LogP contribution in [0.2, 0.25) is 0 Å². The van der Waals surface area contributed by atoms with E-state index in [1.54, 1.807) is 14.2 Å². The molecule has 3 N–H and O–H groups in total. The van der Waals surface area contributed by atoms with Crippen LogP contribution in [0.1, 0.15) is 34.3 Å². The van der Waals surface area contributed by atoms with Gasteiger partial charge < -0.3 is 29.9 Å². The molecule has 1 aromatic heterocycles. The van der Waals surface area contributed by atoms with E-state index in [0.717, 1.165) is 49.0 Å². The Morgan fingerprint density at radius 1 is 0.953 bits per heavy atom. The number of anilines is 3. The van der Waals surface area contributed by atoms with E-state index in [2.05, 4.69) is 37.7 Å². The Bertz CT molecular complexity index is 1540. The summed E-state index contributed by atoms with van der Waals surface area (Å²) < 4.78 is 38.6. The first-order chi connectivity index (χ1) is 20.7. The maximum Gasteiger partial charge on any atom is 0.258 e. The van der Waals surface area contributed by atoms with Gasteiger partial charge in [0.05, 0.1) is 30.3 Å². The van der Waals surface area contributed by atoms with Gasteiger partial charge in [0, 0.05) is 69.1 Å². The van der Waals surface area contributed by atoms with Gasteiger partial charge in [-0.2, -0.15) is 5.10 Å². The van der Waals surface area contributed by atoms with Crippen molar-refractivity contribution < 1.29 is 23.0 Å². The molecule has 11 heteroatoms. The number of benzene rings is 3. The summed E-state index contributed by atoms with van der Waals surface area (Å²) in [4.78, 5) is 18.4. The van der Waals surface area contributed by atoms with Gasteiger partial charge in [-0.25, -0.2) is 8.78 Å². The minimum atomic E-state index is -0.625. The second-order valence-corrected chi connectivity index (χ2v) is 11.0. The van der Waals surface area contributed by atoms with Gasteiger partial charge in [0.1, 0.15) is 11.6 Å². The number of hydrogen-bond acceptors (Lipinski definition) is 7. The largest absolute Gasteiger partial charge is 0.382 e. The Hall–Kier alpha value is -4.06. The van der Waals surface area contributed by atoms with E-state index in [9.17, 15) is 13.6 Å². The highest BCUT2D eigenvalue weighted by Gasteiger charge is 2.22. The van der Waals surface area contributed by atoms with Gasteiger partial charge in [-0.3, -0.25) is 9.89 Å². The average molecular weight is 593 g/mol. The third-order valence-electron chi connectivity index (χ3n) is 7.92. The molecule has 4 aromatic rings. The van der Waals surface area contributed by atoms with Crippen LogP contribution in [-0.4, -0.2) is 87.7 Å². The van der Waals surface area contributed by atoms with Crippen LogP contribution >= 0.6 is 0 Å². The van der Waals surface area contributed by atoms with Crippen molar-refractivity contribution in [2.75, 3.05) is 76.2 Å². The molecular weight excluding hydrogens is 554 g/mol. The van der Waals surface area contributed by atoms with Gasteiger partial charge in [-0.05, 0) is 60.6 Å². The molecule has 0 spiro atoms. The lowest BCUT2D eigenvalue weighted by Crippen LogP contribution is -2.44. The maximum atomic E-state index is 13.9. The second kappa shape index (κ2) is 13.5. The zero-order valence-electron chi connectivity index (χ0n) is 24.9. The predicted octanol–water partition coefficient (Wildman–Crippen LogP) is 5.07. The topological polar surface area (TPSA) is 94.8 Å². The highest BCUT2D eigenvalue weighted by Crippen LogP contribution is 2.31. The standard InChI is InChI=1S/C32H38F2N6O3/c1-20(22-13-23(33)16-24(34)14-22)21-5-8-29-28(15-21)31(38-37-29)36-32(41)27-7-6-26(40-11-9-39(2)10-12-40)17-30(27)35-25(18-42-3)19-43-4/h5-8,13-17,20,25,35H,9-12,18-19H2,1-4H3,(H2,36,37,38,41). The molecular formula is C32H38F2N6O3. The summed E-state index contributed by atoms with van der Waals surface area (Å²) in [5.74, 6) is -1.51. The molecule has 1 saturated heterocycles. The summed E-state index contributed by atoms with van der Waals surface area (Å²) in [7, 11) is 5.36. The van der Waals surface area contributed by atoms with Crippen LogP contribution < -0.4 is 15.5 Å². The lowest BCUT2D eigenvalue weighted by Gasteiger charge is -2.34. The molecule has 1 aliphatic rings. The van der Waals surface area contributed by atoms with Crippen LogP contribution in [-0.2, 0) is 9.47 Å². The SMILES string of the molecule is COCC(COC)Nc1cc(N2CCN(C)CC2)ccc1C(=O)Nc1n[nH]c2ccc(C(C)c3cc(F)cc(F)c3)cc12. The van der Waals surface area contributed by atoms with E-state index in [4.69, 9.17) is 9.47 Å². The first-order valence-electron chi connectivity index (χ1n) is 14.3. The number of rotatable bonds is 11. The lowest BCUT2D eigenvalue weighted by atomic mass is 9.92. The molecule has 1 amide bonds. The van der Waals surface area contributed by atoms with Gasteiger partial charge in [0.15, 0.2) is 5.82 Å². The van der Waals surface area contributed by atoms with E-state index >= 15 is 0 Å². The van der Waals surface area contributed by atoms with E-state index in [0.29, 0.717) is 41.2 Å². The fourth-order valence-corrected chi connectivity index (χ4v) is 5.45. The molecule has 0 radical (unpaired) electrons. The Labute approximate surface area is 250 Å². The summed E-state index contributed by atoms with van der Waals surface area (Å²) in [6.07, 6.45) is 0. The summed E-state index contributed by atoms with van der Waals surface area (Å²) in [5, 5.41) is 14.4. The molecule has 2 heterocycles. The van der Waals surface area contributed by atoms with Crippen molar-refractivity contribution in [3.63, 3.8) is 0 Å². The zero-order chi connectivity index (χ0) is 30.5. The number of piperazine rings is 1. The fourth-order valence-electron chi connectivity index (χ4n) is 5.45. The molecule has 1 aliphatic heterocycles. The number of methoxy groups -OCH3 is 2. The van der Waals surface area contributed by atoms with E-state index < -0.39 is 11.6 Å². The monoisotopic (exact) mass is 592 g/mol. The van der Waals surface area contributed by atoms with Gasteiger partial charge >= 0.3 is 0 Å². The number of amides is 1. The quantitative estimate of drug-likeness (QED) is 0.224. The summed E-state index contributed by atoms with van der Waals surface area (Å²) in [6, 6.07) is 14.7. The molecule has 1 fully saturated rings. The third kappa shape index (κ3) is 7.12. The number of halogens is 2. The highest BCUT2D eigenvalue weighted by molar-refractivity contribution is 6.11.